The zero-order valence-electron chi connectivity index (χ0n) is 18.6. The molecule has 0 atom stereocenters. The molecule has 0 saturated carbocycles. The maximum absolute atomic E-state index is 6.08. The molecule has 2 aliphatic rings. The number of rotatable bonds is 6. The fourth-order valence-corrected chi connectivity index (χ4v) is 4.56. The first-order valence-electron chi connectivity index (χ1n) is 10.9. The summed E-state index contributed by atoms with van der Waals surface area (Å²) in [6.45, 7) is 6.88. The second kappa shape index (κ2) is 9.89. The third-order valence-electron chi connectivity index (χ3n) is 6.30. The van der Waals surface area contributed by atoms with Gasteiger partial charge in [0, 0.05) is 64.1 Å². The quantitative estimate of drug-likeness (QED) is 0.702. The molecule has 0 amide bonds. The minimum Gasteiger partial charge on any atom is -0.494 e. The van der Waals surface area contributed by atoms with E-state index in [4.69, 9.17) is 16.3 Å². The Morgan fingerprint density at radius 2 is 1.84 bits per heavy atom. The number of hydrogen-bond acceptors (Lipinski definition) is 8. The van der Waals surface area contributed by atoms with Crippen LogP contribution in [0, 0.1) is 0 Å². The van der Waals surface area contributed by atoms with Crippen molar-refractivity contribution in [2.75, 3.05) is 76.0 Å². The van der Waals surface area contributed by atoms with Gasteiger partial charge in [0.15, 0.2) is 0 Å². The lowest BCUT2D eigenvalue weighted by Crippen LogP contribution is -2.52. The van der Waals surface area contributed by atoms with Gasteiger partial charge < -0.3 is 25.2 Å². The first-order chi connectivity index (χ1) is 15.1. The van der Waals surface area contributed by atoms with E-state index < -0.39 is 0 Å². The Hall–Kier alpha value is -2.29. The number of likely N-dealkylation sites (N-methyl/N-ethyl adjacent to an activating group) is 1. The summed E-state index contributed by atoms with van der Waals surface area (Å²) in [6.07, 6.45) is 3.99. The van der Waals surface area contributed by atoms with E-state index in [1.54, 1.807) is 20.4 Å². The zero-order chi connectivity index (χ0) is 21.8. The molecule has 0 aliphatic carbocycles. The molecule has 2 saturated heterocycles. The van der Waals surface area contributed by atoms with Gasteiger partial charge in [-0.25, -0.2) is 4.98 Å². The summed E-state index contributed by atoms with van der Waals surface area (Å²) >= 11 is 6.08. The van der Waals surface area contributed by atoms with E-state index in [0.29, 0.717) is 22.8 Å². The minimum atomic E-state index is 0.466. The molecule has 2 fully saturated rings. The van der Waals surface area contributed by atoms with Crippen molar-refractivity contribution in [1.82, 2.24) is 19.8 Å². The van der Waals surface area contributed by atoms with E-state index in [-0.39, 0.29) is 0 Å². The Labute approximate surface area is 189 Å². The number of nitrogens with zero attached hydrogens (tertiary/aromatic N) is 5. The Bertz CT molecular complexity index is 880. The second-order valence-corrected chi connectivity index (χ2v) is 8.61. The molecule has 0 radical (unpaired) electrons. The summed E-state index contributed by atoms with van der Waals surface area (Å²) in [7, 11) is 5.68. The summed E-state index contributed by atoms with van der Waals surface area (Å²) in [5.41, 5.74) is 2.01. The van der Waals surface area contributed by atoms with Crippen molar-refractivity contribution < 1.29 is 4.74 Å². The van der Waals surface area contributed by atoms with Crippen LogP contribution in [0.5, 0.6) is 5.75 Å². The van der Waals surface area contributed by atoms with Crippen LogP contribution in [0.25, 0.3) is 0 Å². The van der Waals surface area contributed by atoms with Crippen LogP contribution in [0.2, 0.25) is 5.02 Å². The zero-order valence-corrected chi connectivity index (χ0v) is 19.3. The molecule has 1 aromatic heterocycles. The first-order valence-corrected chi connectivity index (χ1v) is 11.3. The Morgan fingerprint density at radius 1 is 1.10 bits per heavy atom. The number of methoxy groups -OCH3 is 1. The maximum Gasteiger partial charge on any atom is 0.229 e. The van der Waals surface area contributed by atoms with Crippen LogP contribution in [0.4, 0.5) is 23.1 Å². The molecule has 0 unspecified atom stereocenters. The van der Waals surface area contributed by atoms with Crippen molar-refractivity contribution in [3.8, 4) is 5.75 Å². The molecule has 8 nitrogen and oxygen atoms in total. The second-order valence-electron chi connectivity index (χ2n) is 8.21. The number of anilines is 4. The molecule has 0 bridgehead atoms. The van der Waals surface area contributed by atoms with E-state index in [2.05, 4.69) is 54.5 Å². The van der Waals surface area contributed by atoms with Crippen LogP contribution >= 0.6 is 11.6 Å². The van der Waals surface area contributed by atoms with E-state index in [9.17, 15) is 0 Å². The van der Waals surface area contributed by atoms with Crippen molar-refractivity contribution in [2.24, 2.45) is 0 Å². The number of hydrogen-bond donors (Lipinski definition) is 2. The van der Waals surface area contributed by atoms with Crippen molar-refractivity contribution in [1.29, 1.82) is 0 Å². The van der Waals surface area contributed by atoms with Gasteiger partial charge in [-0.15, -0.1) is 0 Å². The highest BCUT2D eigenvalue weighted by atomic mass is 35.5. The van der Waals surface area contributed by atoms with E-state index in [1.165, 1.54) is 44.7 Å². The van der Waals surface area contributed by atoms with Crippen LogP contribution in [0.1, 0.15) is 12.8 Å². The summed E-state index contributed by atoms with van der Waals surface area (Å²) in [4.78, 5) is 16.2. The summed E-state index contributed by atoms with van der Waals surface area (Å²) in [5, 5.41) is 6.68. The topological polar surface area (TPSA) is 68.8 Å². The molecule has 1 aromatic carbocycles. The molecule has 9 heteroatoms. The van der Waals surface area contributed by atoms with Crippen molar-refractivity contribution in [3.63, 3.8) is 0 Å². The van der Waals surface area contributed by atoms with Crippen LogP contribution in [-0.4, -0.2) is 86.3 Å². The van der Waals surface area contributed by atoms with Gasteiger partial charge in [0.2, 0.25) is 5.95 Å². The number of halogens is 1. The number of piperazine rings is 1. The number of ether oxygens (including phenoxy) is 1. The SMILES string of the molecule is CNc1nc(Nc2ccc(N3CCC(N4CCN(C)CC4)CC3)cc2OC)ncc1Cl. The summed E-state index contributed by atoms with van der Waals surface area (Å²) in [5.74, 6) is 1.81. The van der Waals surface area contributed by atoms with Gasteiger partial charge in [0.25, 0.3) is 0 Å². The standard InChI is InChI=1S/C22H32ClN7O/c1-24-21-18(23)15-25-22(27-21)26-19-5-4-17(14-20(19)31-3)29-8-6-16(7-9-29)30-12-10-28(2)11-13-30/h4-5,14-16H,6-13H2,1-3H3,(H2,24,25,26,27). The lowest BCUT2D eigenvalue weighted by atomic mass is 10.0. The van der Waals surface area contributed by atoms with E-state index >= 15 is 0 Å². The van der Waals surface area contributed by atoms with Crippen LogP contribution in [-0.2, 0) is 0 Å². The maximum atomic E-state index is 6.08. The predicted octanol–water partition coefficient (Wildman–Crippen LogP) is 3.14. The Morgan fingerprint density at radius 3 is 2.52 bits per heavy atom. The number of aromatic nitrogens is 2. The highest BCUT2D eigenvalue weighted by Crippen LogP contribution is 2.33. The van der Waals surface area contributed by atoms with Gasteiger partial charge in [0.05, 0.1) is 19.0 Å². The number of nitrogens with one attached hydrogen (secondary N) is 2. The molecule has 4 rings (SSSR count). The van der Waals surface area contributed by atoms with Gasteiger partial charge in [-0.05, 0) is 32.0 Å². The Kier molecular flexibility index (Phi) is 6.99. The van der Waals surface area contributed by atoms with Crippen LogP contribution in [0.3, 0.4) is 0 Å². The van der Waals surface area contributed by atoms with Crippen molar-refractivity contribution in [2.45, 2.75) is 18.9 Å². The fourth-order valence-electron chi connectivity index (χ4n) is 4.38. The lowest BCUT2D eigenvalue weighted by molar-refractivity contribution is 0.0982. The number of piperidine rings is 1. The lowest BCUT2D eigenvalue weighted by Gasteiger charge is -2.42. The monoisotopic (exact) mass is 445 g/mol. The first kappa shape index (κ1) is 21.9. The molecular weight excluding hydrogens is 414 g/mol. The third kappa shape index (κ3) is 5.14. The van der Waals surface area contributed by atoms with Gasteiger partial charge in [-0.3, -0.25) is 4.90 Å². The molecule has 31 heavy (non-hydrogen) atoms. The van der Waals surface area contributed by atoms with Crippen LogP contribution in [0.15, 0.2) is 24.4 Å². The Balaban J connectivity index is 1.40. The third-order valence-corrected chi connectivity index (χ3v) is 6.57. The summed E-state index contributed by atoms with van der Waals surface area (Å²) in [6, 6.07) is 6.96. The van der Waals surface area contributed by atoms with Crippen molar-refractivity contribution in [3.05, 3.63) is 29.4 Å². The predicted molar refractivity (Wildman–Crippen MR) is 127 cm³/mol. The molecule has 168 valence electrons. The van der Waals surface area contributed by atoms with E-state index in [0.717, 1.165) is 24.5 Å². The average Bonchev–Trinajstić information content (AvgIpc) is 2.81. The molecule has 3 heterocycles. The summed E-state index contributed by atoms with van der Waals surface area (Å²) < 4.78 is 5.66. The van der Waals surface area contributed by atoms with E-state index in [1.807, 2.05) is 6.07 Å². The molecule has 2 aromatic rings. The molecule has 2 aliphatic heterocycles. The smallest absolute Gasteiger partial charge is 0.229 e. The average molecular weight is 446 g/mol. The molecular formula is C22H32ClN7O. The normalized spacial score (nSPS) is 18.8. The van der Waals surface area contributed by atoms with Crippen molar-refractivity contribution >= 4 is 34.7 Å². The van der Waals surface area contributed by atoms with Crippen LogP contribution < -0.4 is 20.3 Å². The molecule has 2 N–H and O–H groups in total. The van der Waals surface area contributed by atoms with Gasteiger partial charge in [0.1, 0.15) is 16.6 Å². The number of benzene rings is 1. The minimum absolute atomic E-state index is 0.466. The molecule has 0 spiro atoms. The fraction of sp³-hybridized carbons (Fsp3) is 0.545. The van der Waals surface area contributed by atoms with Gasteiger partial charge >= 0.3 is 0 Å². The highest BCUT2D eigenvalue weighted by Gasteiger charge is 2.27. The largest absolute Gasteiger partial charge is 0.494 e. The van der Waals surface area contributed by atoms with Gasteiger partial charge in [-0.2, -0.15) is 4.98 Å². The highest BCUT2D eigenvalue weighted by molar-refractivity contribution is 6.32. The van der Waals surface area contributed by atoms with Gasteiger partial charge in [-0.1, -0.05) is 11.6 Å².